The predicted octanol–water partition coefficient (Wildman–Crippen LogP) is 3.00. The normalized spacial score (nSPS) is 10.1. The molecule has 0 bridgehead atoms. The van der Waals surface area contributed by atoms with Crippen LogP contribution in [0.15, 0.2) is 27.5 Å². The van der Waals surface area contributed by atoms with Gasteiger partial charge in [-0.15, -0.1) is 5.11 Å². The van der Waals surface area contributed by atoms with Gasteiger partial charge in [0, 0.05) is 0 Å². The van der Waals surface area contributed by atoms with Crippen LogP contribution in [0.1, 0.15) is 11.1 Å². The van der Waals surface area contributed by atoms with E-state index in [0.717, 1.165) is 22.5 Å². The summed E-state index contributed by atoms with van der Waals surface area (Å²) in [5.74, 6) is 4.98. The van der Waals surface area contributed by atoms with Crippen molar-refractivity contribution < 1.29 is 0 Å². The molecule has 0 saturated carbocycles. The van der Waals surface area contributed by atoms with Crippen molar-refractivity contribution in [3.05, 3.63) is 23.3 Å². The molecule has 0 amide bonds. The number of isothiocyanates is 1. The molecule has 0 unspecified atom stereocenters. The lowest BCUT2D eigenvalue weighted by Gasteiger charge is -2.04. The maximum atomic E-state index is 4.98. The molecule has 0 fully saturated rings. The van der Waals surface area contributed by atoms with E-state index in [2.05, 4.69) is 32.7 Å². The average Bonchev–Trinajstić information content (AvgIpc) is 2.18. The fourth-order valence-electron chi connectivity index (χ4n) is 1.13. The molecule has 5 heteroatoms. The summed E-state index contributed by atoms with van der Waals surface area (Å²) < 4.78 is 0. The third-order valence-electron chi connectivity index (χ3n) is 2.06. The zero-order valence-electron chi connectivity index (χ0n) is 7.98. The van der Waals surface area contributed by atoms with E-state index in [1.807, 2.05) is 19.9 Å². The molecule has 0 aromatic heterocycles. The molecular formula is C9H10N4S. The van der Waals surface area contributed by atoms with E-state index in [9.17, 15) is 0 Å². The van der Waals surface area contributed by atoms with Gasteiger partial charge in [0.2, 0.25) is 0 Å². The Labute approximate surface area is 87.5 Å². The highest BCUT2D eigenvalue weighted by molar-refractivity contribution is 7.78. The van der Waals surface area contributed by atoms with Crippen molar-refractivity contribution in [3.8, 4) is 0 Å². The molecule has 72 valence electrons. The number of hydrogen-bond acceptors (Lipinski definition) is 4. The van der Waals surface area contributed by atoms with Gasteiger partial charge in [0.1, 0.15) is 0 Å². The first-order valence-corrected chi connectivity index (χ1v) is 4.40. The number of rotatable bonds is 2. The summed E-state index contributed by atoms with van der Waals surface area (Å²) >= 11 is 4.54. The number of hydrogen-bond donors (Lipinski definition) is 1. The van der Waals surface area contributed by atoms with E-state index in [1.54, 1.807) is 6.07 Å². The predicted molar refractivity (Wildman–Crippen MR) is 59.3 cm³/mol. The molecule has 1 rings (SSSR count). The minimum absolute atomic E-state index is 0.744. The number of aliphatic imine (C=N–C) groups is 1. The smallest absolute Gasteiger partial charge is 0.0907 e. The van der Waals surface area contributed by atoms with Gasteiger partial charge in [-0.3, -0.25) is 0 Å². The van der Waals surface area contributed by atoms with Crippen LogP contribution in [0.3, 0.4) is 0 Å². The third-order valence-corrected chi connectivity index (χ3v) is 2.15. The lowest BCUT2D eigenvalue weighted by Crippen LogP contribution is -1.83. The Morgan fingerprint density at radius 3 is 2.36 bits per heavy atom. The summed E-state index contributed by atoms with van der Waals surface area (Å²) in [5.41, 5.74) is 3.54. The highest BCUT2D eigenvalue weighted by atomic mass is 32.1. The topological polar surface area (TPSA) is 63.1 Å². The summed E-state index contributed by atoms with van der Waals surface area (Å²) in [6.45, 7) is 3.87. The van der Waals surface area contributed by atoms with E-state index in [4.69, 9.17) is 5.84 Å². The number of thiocarbonyl (C=S) groups is 1. The molecule has 1 aromatic carbocycles. The minimum atomic E-state index is 0.744. The summed E-state index contributed by atoms with van der Waals surface area (Å²) in [6, 6.07) is 3.61. The third kappa shape index (κ3) is 2.02. The van der Waals surface area contributed by atoms with Gasteiger partial charge < -0.3 is 5.84 Å². The van der Waals surface area contributed by atoms with E-state index in [-0.39, 0.29) is 0 Å². The van der Waals surface area contributed by atoms with E-state index < -0.39 is 0 Å². The first kappa shape index (κ1) is 10.5. The first-order chi connectivity index (χ1) is 6.70. The molecule has 0 aliphatic heterocycles. The van der Waals surface area contributed by atoms with Crippen LogP contribution < -0.4 is 5.84 Å². The Balaban J connectivity index is 3.32. The molecular weight excluding hydrogens is 196 g/mol. The van der Waals surface area contributed by atoms with Crippen LogP contribution in [0.25, 0.3) is 0 Å². The molecule has 14 heavy (non-hydrogen) atoms. The molecule has 0 aliphatic carbocycles. The second-order valence-electron chi connectivity index (χ2n) is 2.77. The molecule has 2 N–H and O–H groups in total. The van der Waals surface area contributed by atoms with Crippen LogP contribution in [0.4, 0.5) is 11.4 Å². The highest BCUT2D eigenvalue weighted by Crippen LogP contribution is 2.29. The van der Waals surface area contributed by atoms with Crippen molar-refractivity contribution in [1.29, 1.82) is 0 Å². The van der Waals surface area contributed by atoms with Crippen molar-refractivity contribution in [2.45, 2.75) is 13.8 Å². The fourth-order valence-corrected chi connectivity index (χ4v) is 1.23. The molecule has 0 spiro atoms. The van der Waals surface area contributed by atoms with E-state index in [1.165, 1.54) is 0 Å². The van der Waals surface area contributed by atoms with Crippen LogP contribution in [0, 0.1) is 13.8 Å². The maximum absolute atomic E-state index is 4.98. The summed E-state index contributed by atoms with van der Waals surface area (Å²) in [6.07, 6.45) is 0. The standard InChI is InChI=1S/C9H10N4S/c1-6-7(2)9(12-13-10)4-3-8(6)11-5-14/h3-4H,1-2H3,(H2,10,12). The van der Waals surface area contributed by atoms with Gasteiger partial charge in [0.15, 0.2) is 0 Å². The van der Waals surface area contributed by atoms with Gasteiger partial charge in [0.25, 0.3) is 0 Å². The Morgan fingerprint density at radius 2 is 1.79 bits per heavy atom. The molecule has 4 nitrogen and oxygen atoms in total. The van der Waals surface area contributed by atoms with Crippen molar-refractivity contribution in [2.24, 2.45) is 21.2 Å². The number of benzene rings is 1. The summed E-state index contributed by atoms with van der Waals surface area (Å²) in [4.78, 5) is 3.93. The lowest BCUT2D eigenvalue weighted by molar-refractivity contribution is 1.05. The van der Waals surface area contributed by atoms with E-state index >= 15 is 0 Å². The van der Waals surface area contributed by atoms with Crippen LogP contribution in [0.5, 0.6) is 0 Å². The minimum Gasteiger partial charge on any atom is -0.305 e. The quantitative estimate of drug-likeness (QED) is 0.266. The first-order valence-electron chi connectivity index (χ1n) is 3.99. The molecule has 0 radical (unpaired) electrons. The zero-order valence-corrected chi connectivity index (χ0v) is 8.80. The monoisotopic (exact) mass is 206 g/mol. The van der Waals surface area contributed by atoms with Crippen LogP contribution in [-0.4, -0.2) is 5.16 Å². The molecule has 0 saturated heterocycles. The molecule has 0 aliphatic rings. The van der Waals surface area contributed by atoms with E-state index in [0.29, 0.717) is 0 Å². The zero-order chi connectivity index (χ0) is 10.6. The second-order valence-corrected chi connectivity index (χ2v) is 2.95. The Hall–Kier alpha value is -1.58. The fraction of sp³-hybridized carbons (Fsp3) is 0.222. The van der Waals surface area contributed by atoms with Gasteiger partial charge >= 0.3 is 0 Å². The van der Waals surface area contributed by atoms with Gasteiger partial charge in [-0.05, 0) is 49.3 Å². The largest absolute Gasteiger partial charge is 0.305 e. The van der Waals surface area contributed by atoms with Crippen molar-refractivity contribution in [3.63, 3.8) is 0 Å². The highest BCUT2D eigenvalue weighted by Gasteiger charge is 2.04. The number of nitrogens with zero attached hydrogens (tertiary/aromatic N) is 3. The van der Waals surface area contributed by atoms with Crippen LogP contribution >= 0.6 is 12.2 Å². The van der Waals surface area contributed by atoms with Crippen LogP contribution in [-0.2, 0) is 0 Å². The van der Waals surface area contributed by atoms with Gasteiger partial charge in [0.05, 0.1) is 16.5 Å². The summed E-state index contributed by atoms with van der Waals surface area (Å²) in [5, 5.41) is 9.36. The molecule has 0 atom stereocenters. The van der Waals surface area contributed by atoms with Crippen molar-refractivity contribution in [2.75, 3.05) is 0 Å². The summed E-state index contributed by atoms with van der Waals surface area (Å²) in [7, 11) is 0. The molecule has 1 aromatic rings. The van der Waals surface area contributed by atoms with Gasteiger partial charge in [-0.2, -0.15) is 4.99 Å². The van der Waals surface area contributed by atoms with Gasteiger partial charge in [-0.25, -0.2) is 0 Å². The Morgan fingerprint density at radius 1 is 1.21 bits per heavy atom. The van der Waals surface area contributed by atoms with Crippen LogP contribution in [0.2, 0.25) is 0 Å². The Kier molecular flexibility index (Phi) is 3.45. The Bertz CT molecular complexity index is 419. The maximum Gasteiger partial charge on any atom is 0.0907 e. The lowest BCUT2D eigenvalue weighted by atomic mass is 10.1. The average molecular weight is 206 g/mol. The molecule has 0 heterocycles. The SMILES string of the molecule is Cc1c(N=C=S)ccc(N=NN)c1C. The van der Waals surface area contributed by atoms with Crippen molar-refractivity contribution in [1.82, 2.24) is 0 Å². The second kappa shape index (κ2) is 4.60. The van der Waals surface area contributed by atoms with Crippen molar-refractivity contribution >= 4 is 28.8 Å². The number of nitrogens with two attached hydrogens (primary N) is 1. The van der Waals surface area contributed by atoms with Gasteiger partial charge in [-0.1, -0.05) is 5.22 Å².